The summed E-state index contributed by atoms with van der Waals surface area (Å²) < 4.78 is 0. The molecule has 0 unspecified atom stereocenters. The molecule has 5 heteroatoms. The molecule has 0 heterocycles. The Morgan fingerprint density at radius 2 is 1.95 bits per heavy atom. The maximum Gasteiger partial charge on any atom is 0.319 e. The SMILES string of the molecule is N#CSc1ccc(NC(=O)NCC2CCCCC2)cc1. The number of rotatable bonds is 4. The highest BCUT2D eigenvalue weighted by atomic mass is 32.2. The normalized spacial score (nSPS) is 15.3. The fraction of sp³-hybridized carbons (Fsp3) is 0.467. The standard InChI is InChI=1S/C15H19N3OS/c16-11-20-14-8-6-13(7-9-14)18-15(19)17-10-12-4-2-1-3-5-12/h6-9,12H,1-5,10H2,(H2,17,18,19). The number of hydrogen-bond acceptors (Lipinski definition) is 3. The first kappa shape index (κ1) is 14.7. The molecule has 2 N–H and O–H groups in total. The Kier molecular flexibility index (Phi) is 5.75. The summed E-state index contributed by atoms with van der Waals surface area (Å²) >= 11 is 1.11. The van der Waals surface area contributed by atoms with Gasteiger partial charge in [0.1, 0.15) is 5.40 Å². The molecule has 1 fully saturated rings. The van der Waals surface area contributed by atoms with Gasteiger partial charge in [0.15, 0.2) is 0 Å². The lowest BCUT2D eigenvalue weighted by Gasteiger charge is -2.21. The van der Waals surface area contributed by atoms with Crippen LogP contribution in [0.15, 0.2) is 29.2 Å². The van der Waals surface area contributed by atoms with E-state index in [0.717, 1.165) is 28.9 Å². The van der Waals surface area contributed by atoms with Crippen LogP contribution in [0.3, 0.4) is 0 Å². The molecule has 0 aliphatic heterocycles. The van der Waals surface area contributed by atoms with Gasteiger partial charge in [0.05, 0.1) is 0 Å². The second-order valence-electron chi connectivity index (χ2n) is 5.06. The zero-order valence-corrected chi connectivity index (χ0v) is 12.2. The number of thioether (sulfide) groups is 1. The maximum absolute atomic E-state index is 11.8. The van der Waals surface area contributed by atoms with Crippen molar-refractivity contribution < 1.29 is 4.79 Å². The van der Waals surface area contributed by atoms with Gasteiger partial charge in [-0.3, -0.25) is 0 Å². The third-order valence-corrected chi connectivity index (χ3v) is 4.15. The summed E-state index contributed by atoms with van der Waals surface area (Å²) in [6.07, 6.45) is 6.34. The third-order valence-electron chi connectivity index (χ3n) is 3.55. The summed E-state index contributed by atoms with van der Waals surface area (Å²) in [7, 11) is 0. The van der Waals surface area contributed by atoms with Gasteiger partial charge in [-0.15, -0.1) is 0 Å². The van der Waals surface area contributed by atoms with Crippen molar-refractivity contribution in [3.63, 3.8) is 0 Å². The Morgan fingerprint density at radius 3 is 2.60 bits per heavy atom. The molecule has 0 spiro atoms. The molecule has 1 aliphatic carbocycles. The van der Waals surface area contributed by atoms with E-state index in [1.54, 1.807) is 12.1 Å². The van der Waals surface area contributed by atoms with Crippen molar-refractivity contribution in [2.45, 2.75) is 37.0 Å². The van der Waals surface area contributed by atoms with E-state index in [2.05, 4.69) is 10.6 Å². The van der Waals surface area contributed by atoms with Crippen LogP contribution in [0.2, 0.25) is 0 Å². The minimum absolute atomic E-state index is 0.156. The Hall–Kier alpha value is -1.67. The predicted molar refractivity (Wildman–Crippen MR) is 81.5 cm³/mol. The number of anilines is 1. The van der Waals surface area contributed by atoms with Gasteiger partial charge in [-0.1, -0.05) is 19.3 Å². The Bertz CT molecular complexity index is 475. The summed E-state index contributed by atoms with van der Waals surface area (Å²) in [5.41, 5.74) is 0.744. The van der Waals surface area contributed by atoms with Crippen LogP contribution in [0.4, 0.5) is 10.5 Å². The summed E-state index contributed by atoms with van der Waals surface area (Å²) in [6, 6.07) is 7.10. The molecule has 4 nitrogen and oxygen atoms in total. The molecule has 1 aromatic rings. The maximum atomic E-state index is 11.8. The smallest absolute Gasteiger partial charge is 0.319 e. The molecule has 1 aromatic carbocycles. The molecule has 0 bridgehead atoms. The highest BCUT2D eigenvalue weighted by molar-refractivity contribution is 8.03. The Balaban J connectivity index is 1.74. The third kappa shape index (κ3) is 4.78. The van der Waals surface area contributed by atoms with Crippen LogP contribution in [0.25, 0.3) is 0 Å². The average molecular weight is 289 g/mol. The molecule has 0 aromatic heterocycles. The van der Waals surface area contributed by atoms with Crippen molar-refractivity contribution in [3.8, 4) is 5.40 Å². The van der Waals surface area contributed by atoms with E-state index in [1.807, 2.05) is 17.5 Å². The van der Waals surface area contributed by atoms with Gasteiger partial charge in [0.2, 0.25) is 0 Å². The van der Waals surface area contributed by atoms with Gasteiger partial charge in [0.25, 0.3) is 0 Å². The fourth-order valence-electron chi connectivity index (χ4n) is 2.46. The molecule has 1 saturated carbocycles. The first-order valence-electron chi connectivity index (χ1n) is 6.99. The molecular weight excluding hydrogens is 270 g/mol. The van der Waals surface area contributed by atoms with Crippen LogP contribution in [0, 0.1) is 16.6 Å². The number of hydrogen-bond donors (Lipinski definition) is 2. The van der Waals surface area contributed by atoms with E-state index < -0.39 is 0 Å². The Morgan fingerprint density at radius 1 is 1.25 bits per heavy atom. The van der Waals surface area contributed by atoms with E-state index in [0.29, 0.717) is 5.92 Å². The quantitative estimate of drug-likeness (QED) is 0.651. The minimum Gasteiger partial charge on any atom is -0.338 e. The van der Waals surface area contributed by atoms with Gasteiger partial charge in [-0.25, -0.2) is 4.79 Å². The van der Waals surface area contributed by atoms with Crippen molar-refractivity contribution in [1.29, 1.82) is 5.26 Å². The van der Waals surface area contributed by atoms with E-state index in [-0.39, 0.29) is 6.03 Å². The molecule has 0 saturated heterocycles. The highest BCUT2D eigenvalue weighted by Crippen LogP contribution is 2.23. The lowest BCUT2D eigenvalue weighted by atomic mass is 9.89. The largest absolute Gasteiger partial charge is 0.338 e. The fourth-order valence-corrected chi connectivity index (χ4v) is 2.84. The number of nitrogens with zero attached hydrogens (tertiary/aromatic N) is 1. The number of benzene rings is 1. The first-order chi connectivity index (χ1) is 9.78. The summed E-state index contributed by atoms with van der Waals surface area (Å²) in [6.45, 7) is 0.758. The number of thiocyanates is 1. The van der Waals surface area contributed by atoms with Gasteiger partial charge in [0, 0.05) is 17.1 Å². The van der Waals surface area contributed by atoms with Gasteiger partial charge >= 0.3 is 6.03 Å². The first-order valence-corrected chi connectivity index (χ1v) is 7.80. The van der Waals surface area contributed by atoms with Crippen LogP contribution < -0.4 is 10.6 Å². The molecule has 2 amide bonds. The molecule has 0 atom stereocenters. The lowest BCUT2D eigenvalue weighted by molar-refractivity contribution is 0.247. The van der Waals surface area contributed by atoms with E-state index in [1.165, 1.54) is 32.1 Å². The summed E-state index contributed by atoms with van der Waals surface area (Å²) in [4.78, 5) is 12.7. The number of carbonyl (C=O) groups excluding carboxylic acids is 1. The van der Waals surface area contributed by atoms with Crippen molar-refractivity contribution in [3.05, 3.63) is 24.3 Å². The molecule has 1 aliphatic rings. The second-order valence-corrected chi connectivity index (χ2v) is 5.91. The van der Waals surface area contributed by atoms with Crippen molar-refractivity contribution in [1.82, 2.24) is 5.32 Å². The predicted octanol–water partition coefficient (Wildman–Crippen LogP) is 3.96. The molecule has 106 valence electrons. The zero-order chi connectivity index (χ0) is 14.2. The average Bonchev–Trinajstić information content (AvgIpc) is 2.49. The van der Waals surface area contributed by atoms with Crippen LogP contribution >= 0.6 is 11.8 Å². The molecule has 2 rings (SSSR count). The monoisotopic (exact) mass is 289 g/mol. The summed E-state index contributed by atoms with van der Waals surface area (Å²) in [5.74, 6) is 0.629. The number of urea groups is 1. The number of amides is 2. The van der Waals surface area contributed by atoms with Gasteiger partial charge in [-0.05, 0) is 54.8 Å². The van der Waals surface area contributed by atoms with Gasteiger partial charge in [-0.2, -0.15) is 5.26 Å². The van der Waals surface area contributed by atoms with Gasteiger partial charge < -0.3 is 10.6 Å². The van der Waals surface area contributed by atoms with E-state index in [9.17, 15) is 4.79 Å². The highest BCUT2D eigenvalue weighted by Gasteiger charge is 2.14. The topological polar surface area (TPSA) is 64.9 Å². The van der Waals surface area contributed by atoms with Crippen LogP contribution in [0.1, 0.15) is 32.1 Å². The van der Waals surface area contributed by atoms with Crippen molar-refractivity contribution >= 4 is 23.5 Å². The van der Waals surface area contributed by atoms with Crippen LogP contribution in [-0.2, 0) is 0 Å². The van der Waals surface area contributed by atoms with Crippen molar-refractivity contribution in [2.75, 3.05) is 11.9 Å². The zero-order valence-electron chi connectivity index (χ0n) is 11.4. The number of nitrogens with one attached hydrogen (secondary N) is 2. The second kappa shape index (κ2) is 7.81. The van der Waals surface area contributed by atoms with Crippen LogP contribution in [-0.4, -0.2) is 12.6 Å². The molecule has 0 radical (unpaired) electrons. The van der Waals surface area contributed by atoms with E-state index >= 15 is 0 Å². The minimum atomic E-state index is -0.156. The Labute approximate surface area is 123 Å². The van der Waals surface area contributed by atoms with E-state index in [4.69, 9.17) is 5.26 Å². The lowest BCUT2D eigenvalue weighted by Crippen LogP contribution is -2.33. The molecule has 20 heavy (non-hydrogen) atoms. The molecular formula is C15H19N3OS. The van der Waals surface area contributed by atoms with Crippen molar-refractivity contribution in [2.24, 2.45) is 5.92 Å². The number of nitriles is 1. The van der Waals surface area contributed by atoms with Crippen LogP contribution in [0.5, 0.6) is 0 Å². The summed E-state index contributed by atoms with van der Waals surface area (Å²) in [5, 5.41) is 16.3. The number of carbonyl (C=O) groups is 1.